The summed E-state index contributed by atoms with van der Waals surface area (Å²) in [7, 11) is 1.63. The number of rotatable bonds is 4. The van der Waals surface area contributed by atoms with Gasteiger partial charge < -0.3 is 20.5 Å². The minimum absolute atomic E-state index is 0.359. The molecule has 0 aliphatic heterocycles. The monoisotopic (exact) mass is 328 g/mol. The van der Waals surface area contributed by atoms with Gasteiger partial charge in [0.1, 0.15) is 11.4 Å². The number of nitrogens with one attached hydrogen (secondary N) is 1. The number of ether oxygens (including phenoxy) is 2. The Morgan fingerprint density at radius 2 is 1.92 bits per heavy atom. The van der Waals surface area contributed by atoms with Gasteiger partial charge in [-0.1, -0.05) is 24.3 Å². The summed E-state index contributed by atoms with van der Waals surface area (Å²) in [6.07, 6.45) is -0.446. The van der Waals surface area contributed by atoms with E-state index >= 15 is 0 Å². The van der Waals surface area contributed by atoms with Gasteiger partial charge in [0, 0.05) is 17.8 Å². The fraction of sp³-hybridized carbons (Fsp3) is 0.316. The van der Waals surface area contributed by atoms with Crippen molar-refractivity contribution in [1.82, 2.24) is 5.32 Å². The van der Waals surface area contributed by atoms with Crippen molar-refractivity contribution in [3.63, 3.8) is 0 Å². The highest BCUT2D eigenvalue weighted by Crippen LogP contribution is 2.29. The standard InChI is InChI=1S/C19H24N2O3/c1-19(2,3)24-18(22)21-12-13-8-9-16(17(20)10-13)14-6-5-7-15(11-14)23-4/h5-11H,12,20H2,1-4H3,(H,21,22). The van der Waals surface area contributed by atoms with E-state index in [1.54, 1.807) is 7.11 Å². The van der Waals surface area contributed by atoms with Crippen molar-refractivity contribution in [2.45, 2.75) is 32.9 Å². The molecule has 3 N–H and O–H groups in total. The number of amides is 1. The fourth-order valence-electron chi connectivity index (χ4n) is 2.26. The van der Waals surface area contributed by atoms with Crippen molar-refractivity contribution in [1.29, 1.82) is 0 Å². The Balaban J connectivity index is 2.08. The molecule has 0 saturated carbocycles. The summed E-state index contributed by atoms with van der Waals surface area (Å²) in [5.74, 6) is 0.780. The first-order valence-electron chi connectivity index (χ1n) is 7.78. The summed E-state index contributed by atoms with van der Waals surface area (Å²) in [5, 5.41) is 2.72. The van der Waals surface area contributed by atoms with Crippen LogP contribution in [0.4, 0.5) is 10.5 Å². The second-order valence-electron chi connectivity index (χ2n) is 6.51. The number of benzene rings is 2. The number of carbonyl (C=O) groups excluding carboxylic acids is 1. The van der Waals surface area contributed by atoms with E-state index in [0.29, 0.717) is 12.2 Å². The van der Waals surface area contributed by atoms with Crippen LogP contribution < -0.4 is 15.8 Å². The predicted octanol–water partition coefficient (Wildman–Crippen LogP) is 3.97. The molecular formula is C19H24N2O3. The number of hydrogen-bond donors (Lipinski definition) is 2. The van der Waals surface area contributed by atoms with Gasteiger partial charge in [-0.05, 0) is 50.1 Å². The molecule has 0 bridgehead atoms. The molecule has 1 amide bonds. The molecule has 2 aromatic rings. The molecule has 0 atom stereocenters. The van der Waals surface area contributed by atoms with Gasteiger partial charge in [-0.25, -0.2) is 4.79 Å². The molecule has 0 unspecified atom stereocenters. The van der Waals surface area contributed by atoms with Gasteiger partial charge in [-0.3, -0.25) is 0 Å². The van der Waals surface area contributed by atoms with Crippen LogP contribution in [0.1, 0.15) is 26.3 Å². The molecule has 0 fully saturated rings. The Morgan fingerprint density at radius 3 is 2.54 bits per heavy atom. The molecule has 0 heterocycles. The molecule has 0 aliphatic rings. The topological polar surface area (TPSA) is 73.6 Å². The average molecular weight is 328 g/mol. The molecule has 5 nitrogen and oxygen atoms in total. The Morgan fingerprint density at radius 1 is 1.17 bits per heavy atom. The van der Waals surface area contributed by atoms with Gasteiger partial charge in [-0.15, -0.1) is 0 Å². The van der Waals surface area contributed by atoms with E-state index in [-0.39, 0.29) is 0 Å². The molecule has 2 rings (SSSR count). The van der Waals surface area contributed by atoms with E-state index in [0.717, 1.165) is 22.4 Å². The highest BCUT2D eigenvalue weighted by molar-refractivity contribution is 5.77. The number of anilines is 1. The summed E-state index contributed by atoms with van der Waals surface area (Å²) in [6.45, 7) is 5.84. The Hall–Kier alpha value is -2.69. The van der Waals surface area contributed by atoms with Crippen molar-refractivity contribution in [3.05, 3.63) is 48.0 Å². The van der Waals surface area contributed by atoms with E-state index < -0.39 is 11.7 Å². The summed E-state index contributed by atoms with van der Waals surface area (Å²) in [5.41, 5.74) is 9.12. The molecular weight excluding hydrogens is 304 g/mol. The first kappa shape index (κ1) is 17.7. The number of hydrogen-bond acceptors (Lipinski definition) is 4. The molecule has 5 heteroatoms. The minimum Gasteiger partial charge on any atom is -0.497 e. The molecule has 2 aromatic carbocycles. The first-order chi connectivity index (χ1) is 11.3. The highest BCUT2D eigenvalue weighted by atomic mass is 16.6. The van der Waals surface area contributed by atoms with Gasteiger partial charge in [0.15, 0.2) is 0 Å². The summed E-state index contributed by atoms with van der Waals surface area (Å²) >= 11 is 0. The van der Waals surface area contributed by atoms with Crippen LogP contribution in [-0.4, -0.2) is 18.8 Å². The van der Waals surface area contributed by atoms with Crippen molar-refractivity contribution in [2.75, 3.05) is 12.8 Å². The SMILES string of the molecule is COc1cccc(-c2ccc(CNC(=O)OC(C)(C)C)cc2N)c1. The highest BCUT2D eigenvalue weighted by Gasteiger charge is 2.15. The average Bonchev–Trinajstić information content (AvgIpc) is 2.51. The maximum absolute atomic E-state index is 11.7. The number of alkyl carbamates (subject to hydrolysis) is 1. The lowest BCUT2D eigenvalue weighted by molar-refractivity contribution is 0.0523. The number of carbonyl (C=O) groups is 1. The fourth-order valence-corrected chi connectivity index (χ4v) is 2.26. The predicted molar refractivity (Wildman–Crippen MR) is 95.9 cm³/mol. The largest absolute Gasteiger partial charge is 0.497 e. The maximum atomic E-state index is 11.7. The van der Waals surface area contributed by atoms with Crippen LogP contribution in [0, 0.1) is 0 Å². The summed E-state index contributed by atoms with van der Waals surface area (Å²) in [6, 6.07) is 13.5. The van der Waals surface area contributed by atoms with E-state index in [2.05, 4.69) is 5.32 Å². The number of methoxy groups -OCH3 is 1. The van der Waals surface area contributed by atoms with E-state index in [4.69, 9.17) is 15.2 Å². The molecule has 0 saturated heterocycles. The van der Waals surface area contributed by atoms with Crippen LogP contribution in [0.2, 0.25) is 0 Å². The maximum Gasteiger partial charge on any atom is 0.407 e. The third-order valence-electron chi connectivity index (χ3n) is 3.33. The number of nitrogen functional groups attached to an aromatic ring is 1. The van der Waals surface area contributed by atoms with Crippen molar-refractivity contribution < 1.29 is 14.3 Å². The molecule has 128 valence electrons. The summed E-state index contributed by atoms with van der Waals surface area (Å²) in [4.78, 5) is 11.7. The van der Waals surface area contributed by atoms with Gasteiger partial charge >= 0.3 is 6.09 Å². The first-order valence-corrected chi connectivity index (χ1v) is 7.78. The zero-order valence-electron chi connectivity index (χ0n) is 14.6. The van der Waals surface area contributed by atoms with Crippen LogP contribution in [0.25, 0.3) is 11.1 Å². The molecule has 24 heavy (non-hydrogen) atoms. The van der Waals surface area contributed by atoms with Gasteiger partial charge in [0.25, 0.3) is 0 Å². The molecule has 0 aliphatic carbocycles. The lowest BCUT2D eigenvalue weighted by Crippen LogP contribution is -2.32. The van der Waals surface area contributed by atoms with Crippen molar-refractivity contribution in [3.8, 4) is 16.9 Å². The summed E-state index contributed by atoms with van der Waals surface area (Å²) < 4.78 is 10.5. The van der Waals surface area contributed by atoms with Crippen molar-refractivity contribution >= 4 is 11.8 Å². The van der Waals surface area contributed by atoms with E-state index in [9.17, 15) is 4.79 Å². The zero-order valence-corrected chi connectivity index (χ0v) is 14.6. The minimum atomic E-state index is -0.515. The van der Waals surface area contributed by atoms with Crippen molar-refractivity contribution in [2.24, 2.45) is 0 Å². The third kappa shape index (κ3) is 4.91. The molecule has 0 aromatic heterocycles. The van der Waals surface area contributed by atoms with E-state index in [1.165, 1.54) is 0 Å². The smallest absolute Gasteiger partial charge is 0.407 e. The Kier molecular flexibility index (Phi) is 5.34. The van der Waals surface area contributed by atoms with Gasteiger partial charge in [0.05, 0.1) is 7.11 Å². The van der Waals surface area contributed by atoms with E-state index in [1.807, 2.05) is 63.2 Å². The lowest BCUT2D eigenvalue weighted by atomic mass is 10.0. The lowest BCUT2D eigenvalue weighted by Gasteiger charge is -2.19. The molecule has 0 spiro atoms. The Labute approximate surface area is 142 Å². The quantitative estimate of drug-likeness (QED) is 0.833. The zero-order chi connectivity index (χ0) is 17.7. The third-order valence-corrected chi connectivity index (χ3v) is 3.33. The van der Waals surface area contributed by atoms with Crippen LogP contribution in [0.15, 0.2) is 42.5 Å². The van der Waals surface area contributed by atoms with Crippen LogP contribution in [0.3, 0.4) is 0 Å². The second-order valence-corrected chi connectivity index (χ2v) is 6.51. The molecule has 0 radical (unpaired) electrons. The van der Waals surface area contributed by atoms with Gasteiger partial charge in [0.2, 0.25) is 0 Å². The Bertz CT molecular complexity index is 721. The van der Waals surface area contributed by atoms with Crippen LogP contribution in [-0.2, 0) is 11.3 Å². The van der Waals surface area contributed by atoms with Crippen LogP contribution >= 0.6 is 0 Å². The number of nitrogens with two attached hydrogens (primary N) is 1. The second kappa shape index (κ2) is 7.25. The normalized spacial score (nSPS) is 11.0. The van der Waals surface area contributed by atoms with Gasteiger partial charge in [-0.2, -0.15) is 0 Å². The van der Waals surface area contributed by atoms with Crippen LogP contribution in [0.5, 0.6) is 5.75 Å².